The van der Waals surface area contributed by atoms with Gasteiger partial charge in [0.05, 0.1) is 11.3 Å². The summed E-state index contributed by atoms with van der Waals surface area (Å²) in [5.41, 5.74) is 10.4. The van der Waals surface area contributed by atoms with Crippen molar-refractivity contribution in [2.45, 2.75) is 6.85 Å². The number of hydrogen-bond donors (Lipinski definition) is 0. The molecule has 0 saturated heterocycles. The Hall–Kier alpha value is -5.22. The Labute approximate surface area is 243 Å². The fraction of sp³-hybridized carbons (Fsp3) is 0.0270. The average Bonchev–Trinajstić information content (AvgIpc) is 3.44. The van der Waals surface area contributed by atoms with Gasteiger partial charge in [-0.05, 0) is 77.3 Å². The Balaban J connectivity index is 1.44. The van der Waals surface area contributed by atoms with E-state index in [0.29, 0.717) is 16.5 Å². The molecule has 0 aliphatic carbocycles. The van der Waals surface area contributed by atoms with Crippen LogP contribution in [-0.4, -0.2) is 6.71 Å². The molecular weight excluding hydrogens is 499 g/mol. The van der Waals surface area contributed by atoms with Gasteiger partial charge < -0.3 is 14.2 Å². The molecule has 3 heterocycles. The molecule has 7 aromatic rings. The Morgan fingerprint density at radius 2 is 1.20 bits per heavy atom. The number of benzene rings is 6. The molecule has 3 nitrogen and oxygen atoms in total. The first-order valence-electron chi connectivity index (χ1n) is 15.4. The zero-order valence-corrected chi connectivity index (χ0v) is 22.1. The normalized spacial score (nSPS) is 14.7. The van der Waals surface area contributed by atoms with Gasteiger partial charge in [-0.3, -0.25) is 0 Å². The number of fused-ring (bicyclic) bond motifs is 8. The fourth-order valence-electron chi connectivity index (χ4n) is 6.89. The first-order chi connectivity index (χ1) is 21.5. The Bertz CT molecular complexity index is 2250. The van der Waals surface area contributed by atoms with Crippen molar-refractivity contribution >= 4 is 79.2 Å². The van der Waals surface area contributed by atoms with E-state index < -0.39 is 6.85 Å². The minimum atomic E-state index is -2.29. The molecule has 0 radical (unpaired) electrons. The SMILES string of the molecule is [2H]C([2H])([2H])c1cc2c3c(oc2c2ccccc12)B1c2ccccc2N(c2ccccc2)c2cccc(c21)N3c1ccccc1. The van der Waals surface area contributed by atoms with Gasteiger partial charge >= 0.3 is 0 Å². The van der Waals surface area contributed by atoms with Crippen LogP contribution < -0.4 is 26.4 Å². The Morgan fingerprint density at radius 1 is 0.585 bits per heavy atom. The summed E-state index contributed by atoms with van der Waals surface area (Å²) in [6.07, 6.45) is 0. The number of hydrogen-bond acceptors (Lipinski definition) is 3. The summed E-state index contributed by atoms with van der Waals surface area (Å²) in [5.74, 6) is 0. The van der Waals surface area contributed by atoms with E-state index in [1.807, 2.05) is 54.6 Å². The van der Waals surface area contributed by atoms with Crippen molar-refractivity contribution in [3.05, 3.63) is 139 Å². The maximum Gasteiger partial charge on any atom is 0.297 e. The smallest absolute Gasteiger partial charge is 0.297 e. The van der Waals surface area contributed by atoms with E-state index in [9.17, 15) is 0 Å². The second-order valence-electron chi connectivity index (χ2n) is 10.7. The summed E-state index contributed by atoms with van der Waals surface area (Å²) in [6, 6.07) is 45.3. The molecule has 0 spiro atoms. The lowest BCUT2D eigenvalue weighted by Gasteiger charge is -2.42. The van der Waals surface area contributed by atoms with Crippen molar-refractivity contribution in [2.24, 2.45) is 0 Å². The molecule has 0 bridgehead atoms. The highest BCUT2D eigenvalue weighted by molar-refractivity contribution is 7.00. The quantitative estimate of drug-likeness (QED) is 0.213. The van der Waals surface area contributed by atoms with E-state index in [-0.39, 0.29) is 6.71 Å². The van der Waals surface area contributed by atoms with E-state index in [1.54, 1.807) is 0 Å². The zero-order valence-electron chi connectivity index (χ0n) is 25.1. The van der Waals surface area contributed by atoms with Gasteiger partial charge in [-0.1, -0.05) is 84.9 Å². The molecule has 6 aromatic carbocycles. The summed E-state index contributed by atoms with van der Waals surface area (Å²) in [6.45, 7) is -2.47. The molecule has 0 saturated carbocycles. The molecule has 9 rings (SSSR count). The van der Waals surface area contributed by atoms with E-state index in [1.165, 1.54) is 0 Å². The maximum atomic E-state index is 8.45. The van der Waals surface area contributed by atoms with Crippen molar-refractivity contribution in [3.8, 4) is 0 Å². The minimum absolute atomic E-state index is 0.185. The number of anilines is 6. The van der Waals surface area contributed by atoms with Crippen LogP contribution >= 0.6 is 0 Å². The van der Waals surface area contributed by atoms with Crippen molar-refractivity contribution in [2.75, 3.05) is 9.80 Å². The van der Waals surface area contributed by atoms with Crippen molar-refractivity contribution in [1.82, 2.24) is 0 Å². The topological polar surface area (TPSA) is 19.6 Å². The third kappa shape index (κ3) is 3.05. The van der Waals surface area contributed by atoms with Crippen LogP contribution in [0.2, 0.25) is 0 Å². The fourth-order valence-corrected chi connectivity index (χ4v) is 6.89. The first-order valence-corrected chi connectivity index (χ1v) is 13.9. The van der Waals surface area contributed by atoms with Gasteiger partial charge in [0.15, 0.2) is 0 Å². The molecule has 192 valence electrons. The van der Waals surface area contributed by atoms with Crippen LogP contribution in [0.25, 0.3) is 21.7 Å². The van der Waals surface area contributed by atoms with Gasteiger partial charge in [0, 0.05) is 43.3 Å². The molecule has 1 aromatic heterocycles. The predicted molar refractivity (Wildman–Crippen MR) is 172 cm³/mol. The number of nitrogens with zero attached hydrogens (tertiary/aromatic N) is 2. The van der Waals surface area contributed by atoms with E-state index in [4.69, 9.17) is 8.53 Å². The molecule has 0 N–H and O–H groups in total. The monoisotopic (exact) mass is 527 g/mol. The molecule has 0 amide bonds. The number of aryl methyl sites for hydroxylation is 1. The maximum absolute atomic E-state index is 8.45. The Morgan fingerprint density at radius 3 is 1.95 bits per heavy atom. The van der Waals surface area contributed by atoms with Crippen LogP contribution in [0.3, 0.4) is 0 Å². The molecular formula is C37H25BN2O. The van der Waals surface area contributed by atoms with Crippen LogP contribution in [0, 0.1) is 6.85 Å². The molecule has 41 heavy (non-hydrogen) atoms. The third-order valence-corrected chi connectivity index (χ3v) is 8.53. The number of rotatable bonds is 2. The van der Waals surface area contributed by atoms with Crippen molar-refractivity contribution in [1.29, 1.82) is 0 Å². The van der Waals surface area contributed by atoms with Gasteiger partial charge in [-0.25, -0.2) is 0 Å². The summed E-state index contributed by atoms with van der Waals surface area (Å²) < 4.78 is 32.4. The highest BCUT2D eigenvalue weighted by Crippen LogP contribution is 2.47. The van der Waals surface area contributed by atoms with Crippen LogP contribution in [0.15, 0.2) is 138 Å². The summed E-state index contributed by atoms with van der Waals surface area (Å²) >= 11 is 0. The van der Waals surface area contributed by atoms with Gasteiger partial charge in [0.1, 0.15) is 5.58 Å². The predicted octanol–water partition coefficient (Wildman–Crippen LogP) is 7.98. The van der Waals surface area contributed by atoms with Crippen molar-refractivity contribution < 1.29 is 8.53 Å². The second-order valence-corrected chi connectivity index (χ2v) is 10.7. The lowest BCUT2D eigenvalue weighted by molar-refractivity contribution is 0.654. The standard InChI is InChI=1S/C37H25BN2O/c1-24-23-29-35-37(41-36(29)28-18-9-8-17-27(24)28)38-30-19-10-11-20-31(30)39(25-13-4-2-5-14-25)32-21-12-22-33(34(32)38)40(35)26-15-6-3-7-16-26/h2-23H,1H3/i1D3. The number of furan rings is 1. The molecule has 0 unspecified atom stereocenters. The molecule has 0 fully saturated rings. The Kier molecular flexibility index (Phi) is 4.05. The van der Waals surface area contributed by atoms with Crippen LogP contribution in [-0.2, 0) is 0 Å². The average molecular weight is 527 g/mol. The third-order valence-electron chi connectivity index (χ3n) is 8.53. The molecule has 0 atom stereocenters. The highest BCUT2D eigenvalue weighted by atomic mass is 16.3. The van der Waals surface area contributed by atoms with Crippen LogP contribution in [0.5, 0.6) is 0 Å². The zero-order chi connectivity index (χ0) is 29.6. The highest BCUT2D eigenvalue weighted by Gasteiger charge is 2.46. The van der Waals surface area contributed by atoms with Gasteiger partial charge in [0.25, 0.3) is 6.71 Å². The minimum Gasteiger partial charge on any atom is -0.467 e. The van der Waals surface area contributed by atoms with Gasteiger partial charge in [0.2, 0.25) is 0 Å². The second kappa shape index (κ2) is 8.39. The lowest BCUT2D eigenvalue weighted by Crippen LogP contribution is -2.60. The van der Waals surface area contributed by atoms with Gasteiger partial charge in [-0.2, -0.15) is 0 Å². The summed E-state index contributed by atoms with van der Waals surface area (Å²) in [5, 5.41) is 2.29. The summed E-state index contributed by atoms with van der Waals surface area (Å²) in [4.78, 5) is 4.59. The molecule has 4 heteroatoms. The summed E-state index contributed by atoms with van der Waals surface area (Å²) in [7, 11) is 0. The van der Waals surface area contributed by atoms with E-state index in [0.717, 1.165) is 61.5 Å². The first kappa shape index (κ1) is 19.8. The molecule has 2 aliphatic heterocycles. The van der Waals surface area contributed by atoms with E-state index >= 15 is 0 Å². The van der Waals surface area contributed by atoms with Crippen LogP contribution in [0.4, 0.5) is 34.1 Å². The van der Waals surface area contributed by atoms with Crippen LogP contribution in [0.1, 0.15) is 9.68 Å². The molecule has 2 aliphatic rings. The number of para-hydroxylation sites is 3. The van der Waals surface area contributed by atoms with Crippen molar-refractivity contribution in [3.63, 3.8) is 0 Å². The van der Waals surface area contributed by atoms with E-state index in [2.05, 4.69) is 88.7 Å². The van der Waals surface area contributed by atoms with Gasteiger partial charge in [-0.15, -0.1) is 0 Å². The lowest BCUT2D eigenvalue weighted by atomic mass is 9.35. The largest absolute Gasteiger partial charge is 0.467 e.